The molecule has 3 nitrogen and oxygen atoms in total. The van der Waals surface area contributed by atoms with E-state index >= 15 is 0 Å². The van der Waals surface area contributed by atoms with Crippen LogP contribution in [0.25, 0.3) is 0 Å². The maximum Gasteiger partial charge on any atom is 0.184 e. The molecule has 2 aromatic rings. The number of rotatable bonds is 5. The highest BCUT2D eigenvalue weighted by Crippen LogP contribution is 2.20. The van der Waals surface area contributed by atoms with Gasteiger partial charge in [0.05, 0.1) is 19.3 Å². The van der Waals surface area contributed by atoms with Crippen molar-refractivity contribution in [2.45, 2.75) is 19.9 Å². The number of nitrogens with zero attached hydrogens (tertiary/aromatic N) is 2. The Morgan fingerprint density at radius 1 is 1.10 bits per heavy atom. The Morgan fingerprint density at radius 2 is 1.85 bits per heavy atom. The third-order valence-corrected chi connectivity index (χ3v) is 3.23. The molecule has 102 valence electrons. The molecule has 0 unspecified atom stereocenters. The van der Waals surface area contributed by atoms with Gasteiger partial charge in [-0.25, -0.2) is 0 Å². The van der Waals surface area contributed by atoms with Crippen LogP contribution in [0.3, 0.4) is 0 Å². The molecule has 2 rings (SSSR count). The number of hydrogen-bond donors (Lipinski definition) is 0. The van der Waals surface area contributed by atoms with Crippen LogP contribution in [0.1, 0.15) is 18.1 Å². The van der Waals surface area contributed by atoms with Gasteiger partial charge in [0, 0.05) is 0 Å². The smallest absolute Gasteiger partial charge is 0.184 e. The largest absolute Gasteiger partial charge is 0.497 e. The molecule has 0 aliphatic carbocycles. The summed E-state index contributed by atoms with van der Waals surface area (Å²) in [5.74, 6) is 0.808. The lowest BCUT2D eigenvalue weighted by Crippen LogP contribution is -2.15. The second-order valence-corrected chi connectivity index (χ2v) is 4.56. The van der Waals surface area contributed by atoms with Crippen molar-refractivity contribution in [3.05, 3.63) is 59.7 Å². The summed E-state index contributed by atoms with van der Waals surface area (Å²) < 4.78 is 5.21. The summed E-state index contributed by atoms with van der Waals surface area (Å²) in [6.07, 6.45) is 3.21. The van der Waals surface area contributed by atoms with Crippen LogP contribution in [0.4, 0.5) is 5.69 Å². The van der Waals surface area contributed by atoms with Gasteiger partial charge in [-0.05, 0) is 41.8 Å². The van der Waals surface area contributed by atoms with E-state index in [1.54, 1.807) is 12.0 Å². The molecule has 0 spiro atoms. The first-order chi connectivity index (χ1) is 9.76. The zero-order valence-electron chi connectivity index (χ0n) is 11.8. The molecule has 0 aromatic heterocycles. The first kappa shape index (κ1) is 14.0. The van der Waals surface area contributed by atoms with Crippen LogP contribution in [0.15, 0.2) is 48.5 Å². The molecule has 0 saturated heterocycles. The predicted octanol–water partition coefficient (Wildman–Crippen LogP) is 3.75. The Hall–Kier alpha value is -2.47. The van der Waals surface area contributed by atoms with Crippen LogP contribution >= 0.6 is 0 Å². The lowest BCUT2D eigenvalue weighted by molar-refractivity contribution is 0.414. The zero-order valence-corrected chi connectivity index (χ0v) is 11.8. The summed E-state index contributed by atoms with van der Waals surface area (Å²) in [6.45, 7) is 2.65. The van der Waals surface area contributed by atoms with E-state index in [1.165, 1.54) is 5.56 Å². The van der Waals surface area contributed by atoms with Gasteiger partial charge in [-0.1, -0.05) is 31.2 Å². The molecule has 0 bridgehead atoms. The minimum absolute atomic E-state index is 0.543. The lowest BCUT2D eigenvalue weighted by Gasteiger charge is -2.17. The van der Waals surface area contributed by atoms with Crippen LogP contribution in [-0.2, 0) is 13.0 Å². The molecule has 3 heteroatoms. The molecule has 0 saturated carbocycles. The fraction of sp³-hybridized carbons (Fsp3) is 0.235. The van der Waals surface area contributed by atoms with E-state index in [4.69, 9.17) is 4.74 Å². The van der Waals surface area contributed by atoms with E-state index in [1.807, 2.05) is 36.4 Å². The topological polar surface area (TPSA) is 36.3 Å². The molecule has 20 heavy (non-hydrogen) atoms. The quantitative estimate of drug-likeness (QED) is 0.611. The summed E-state index contributed by atoms with van der Waals surface area (Å²) in [7, 11) is 1.64. The number of nitriles is 1. The molecule has 0 atom stereocenters. The fourth-order valence-corrected chi connectivity index (χ4v) is 2.08. The van der Waals surface area contributed by atoms with Crippen molar-refractivity contribution < 1.29 is 4.74 Å². The maximum atomic E-state index is 9.38. The summed E-state index contributed by atoms with van der Waals surface area (Å²) in [5.41, 5.74) is 3.20. The number of hydrogen-bond acceptors (Lipinski definition) is 3. The highest BCUT2D eigenvalue weighted by atomic mass is 16.5. The predicted molar refractivity (Wildman–Crippen MR) is 80.6 cm³/mol. The van der Waals surface area contributed by atoms with Gasteiger partial charge in [-0.2, -0.15) is 5.26 Å². The Labute approximate surface area is 120 Å². The van der Waals surface area contributed by atoms with Crippen molar-refractivity contribution in [2.24, 2.45) is 0 Å². The van der Waals surface area contributed by atoms with Gasteiger partial charge in [-0.15, -0.1) is 0 Å². The second kappa shape index (κ2) is 6.63. The molecule has 0 aliphatic rings. The zero-order chi connectivity index (χ0) is 14.4. The first-order valence-corrected chi connectivity index (χ1v) is 6.66. The van der Waals surface area contributed by atoms with Gasteiger partial charge in [-0.3, -0.25) is 4.90 Å². The van der Waals surface area contributed by atoms with Gasteiger partial charge in [0.1, 0.15) is 5.75 Å². The highest BCUT2D eigenvalue weighted by molar-refractivity contribution is 5.52. The summed E-state index contributed by atoms with van der Waals surface area (Å²) in [4.78, 5) is 1.69. The van der Waals surface area contributed by atoms with Gasteiger partial charge in [0.2, 0.25) is 0 Å². The number of aryl methyl sites for hydroxylation is 1. The summed E-state index contributed by atoms with van der Waals surface area (Å²) in [6, 6.07) is 15.9. The Bertz CT molecular complexity index is 616. The monoisotopic (exact) mass is 266 g/mol. The van der Waals surface area contributed by atoms with E-state index in [-0.39, 0.29) is 0 Å². The second-order valence-electron chi connectivity index (χ2n) is 4.56. The Kier molecular flexibility index (Phi) is 4.62. The molecule has 0 N–H and O–H groups in total. The van der Waals surface area contributed by atoms with E-state index in [2.05, 4.69) is 25.2 Å². The average Bonchev–Trinajstić information content (AvgIpc) is 2.52. The molecule has 2 aromatic carbocycles. The van der Waals surface area contributed by atoms with Crippen LogP contribution in [0.5, 0.6) is 5.75 Å². The molecule has 0 aliphatic heterocycles. The third kappa shape index (κ3) is 3.30. The number of anilines is 1. The van der Waals surface area contributed by atoms with Gasteiger partial charge in [0.15, 0.2) is 6.19 Å². The van der Waals surface area contributed by atoms with Crippen molar-refractivity contribution in [3.8, 4) is 11.9 Å². The SMILES string of the molecule is CCc1cccc(N(C#N)Cc2cccc(OC)c2)c1. The van der Waals surface area contributed by atoms with Gasteiger partial charge in [0.25, 0.3) is 0 Å². The minimum atomic E-state index is 0.543. The van der Waals surface area contributed by atoms with E-state index < -0.39 is 0 Å². The van der Waals surface area contributed by atoms with Crippen molar-refractivity contribution in [2.75, 3.05) is 12.0 Å². The molecule has 0 amide bonds. The number of methoxy groups -OCH3 is 1. The van der Waals surface area contributed by atoms with Crippen LogP contribution in [0.2, 0.25) is 0 Å². The standard InChI is InChI=1S/C17H18N2O/c1-3-14-6-4-8-16(10-14)19(13-18)12-15-7-5-9-17(11-15)20-2/h4-11H,3,12H2,1-2H3. The first-order valence-electron chi connectivity index (χ1n) is 6.66. The molecular weight excluding hydrogens is 248 g/mol. The molecule has 0 heterocycles. The number of benzene rings is 2. The van der Waals surface area contributed by atoms with Crippen LogP contribution in [-0.4, -0.2) is 7.11 Å². The lowest BCUT2D eigenvalue weighted by atomic mass is 10.1. The minimum Gasteiger partial charge on any atom is -0.497 e. The normalized spacial score (nSPS) is 9.85. The third-order valence-electron chi connectivity index (χ3n) is 3.23. The Morgan fingerprint density at radius 3 is 2.55 bits per heavy atom. The van der Waals surface area contributed by atoms with Crippen molar-refractivity contribution >= 4 is 5.69 Å². The highest BCUT2D eigenvalue weighted by Gasteiger charge is 2.07. The molecular formula is C17H18N2O. The Balaban J connectivity index is 2.22. The van der Waals surface area contributed by atoms with Crippen LogP contribution in [0, 0.1) is 11.5 Å². The van der Waals surface area contributed by atoms with Crippen LogP contribution < -0.4 is 9.64 Å². The average molecular weight is 266 g/mol. The van der Waals surface area contributed by atoms with Gasteiger partial charge < -0.3 is 4.74 Å². The van der Waals surface area contributed by atoms with E-state index in [0.717, 1.165) is 23.4 Å². The maximum absolute atomic E-state index is 9.38. The van der Waals surface area contributed by atoms with Gasteiger partial charge >= 0.3 is 0 Å². The van der Waals surface area contributed by atoms with Crippen molar-refractivity contribution in [3.63, 3.8) is 0 Å². The van der Waals surface area contributed by atoms with Crippen molar-refractivity contribution in [1.29, 1.82) is 5.26 Å². The summed E-state index contributed by atoms with van der Waals surface area (Å²) >= 11 is 0. The van der Waals surface area contributed by atoms with Crippen molar-refractivity contribution in [1.82, 2.24) is 0 Å². The van der Waals surface area contributed by atoms with E-state index in [9.17, 15) is 5.26 Å². The molecule has 0 radical (unpaired) electrons. The van der Waals surface area contributed by atoms with E-state index in [0.29, 0.717) is 6.54 Å². The fourth-order valence-electron chi connectivity index (χ4n) is 2.08. The summed E-state index contributed by atoms with van der Waals surface area (Å²) in [5, 5.41) is 9.38. The molecule has 0 fully saturated rings. The number of ether oxygens (including phenoxy) is 1.